The Morgan fingerprint density at radius 3 is 2.83 bits per heavy atom. The fourth-order valence-electron chi connectivity index (χ4n) is 4.76. The second-order valence-electron chi connectivity index (χ2n) is 11.0. The average Bonchev–Trinajstić information content (AvgIpc) is 3.45. The minimum absolute atomic E-state index is 0.186. The molecule has 1 aromatic carbocycles. The smallest absolute Gasteiger partial charge is 0.165 e. The summed E-state index contributed by atoms with van der Waals surface area (Å²) >= 11 is 1.75. The molecule has 0 radical (unpaired) electrons. The van der Waals surface area contributed by atoms with Crippen LogP contribution in [0.5, 0.6) is 0 Å². The Bertz CT molecular complexity index is 1270. The first-order valence-electron chi connectivity index (χ1n) is 14.1. The normalized spacial score (nSPS) is 19.9. The van der Waals surface area contributed by atoms with E-state index in [1.165, 1.54) is 17.7 Å². The molecule has 0 amide bonds. The van der Waals surface area contributed by atoms with Gasteiger partial charge in [0.2, 0.25) is 0 Å². The number of nitrogens with zero attached hydrogens (tertiary/aromatic N) is 3. The summed E-state index contributed by atoms with van der Waals surface area (Å²) in [5, 5.41) is 0.965. The molecule has 0 spiro atoms. The van der Waals surface area contributed by atoms with Crippen LogP contribution in [0, 0.1) is 11.8 Å². The van der Waals surface area contributed by atoms with Crippen LogP contribution in [-0.2, 0) is 20.8 Å². The van der Waals surface area contributed by atoms with Crippen molar-refractivity contribution in [3.05, 3.63) is 69.1 Å². The van der Waals surface area contributed by atoms with E-state index < -0.39 is 5.60 Å². The zero-order valence-corrected chi connectivity index (χ0v) is 25.1. The van der Waals surface area contributed by atoms with E-state index in [0.717, 1.165) is 60.7 Å². The van der Waals surface area contributed by atoms with Gasteiger partial charge in [0.1, 0.15) is 17.2 Å². The molecule has 7 nitrogen and oxygen atoms in total. The number of aliphatic imine (C=N–C) groups is 1. The van der Waals surface area contributed by atoms with E-state index in [1.807, 2.05) is 57.3 Å². The van der Waals surface area contributed by atoms with E-state index in [4.69, 9.17) is 24.9 Å². The van der Waals surface area contributed by atoms with Crippen molar-refractivity contribution < 1.29 is 14.2 Å². The zero-order chi connectivity index (χ0) is 28.5. The summed E-state index contributed by atoms with van der Waals surface area (Å²) in [6, 6.07) is 7.97. The Hall–Kier alpha value is -2.96. The van der Waals surface area contributed by atoms with Gasteiger partial charge in [0, 0.05) is 23.2 Å². The van der Waals surface area contributed by atoms with Crippen LogP contribution in [-0.4, -0.2) is 55.2 Å². The van der Waals surface area contributed by atoms with Crippen LogP contribution in [0.2, 0.25) is 0 Å². The van der Waals surface area contributed by atoms with E-state index in [9.17, 15) is 0 Å². The lowest BCUT2D eigenvalue weighted by molar-refractivity contribution is -0.199. The second-order valence-corrected chi connectivity index (χ2v) is 12.1. The number of hydrogen-bond donors (Lipinski definition) is 1. The highest BCUT2D eigenvalue weighted by atomic mass is 32.1. The van der Waals surface area contributed by atoms with Gasteiger partial charge in [-0.15, -0.1) is 11.3 Å². The standard InChI is InChI=1S/C32H42N4O3S/c1-23(31-35-21-28(40-31)26-13-16-36(5)17-14-26)19-27(30(33)34-4)38-22-25-10-8-9-24(20-25)12-15-32(2,3)39-29-11-6-7-18-37-29/h8-10,19-21,26,29H,4,6-7,11,13-14,16-18,22,33H2,1-3,5H3/b23-19+,30-27+. The van der Waals surface area contributed by atoms with Crippen LogP contribution in [0.3, 0.4) is 0 Å². The van der Waals surface area contributed by atoms with Crippen molar-refractivity contribution in [2.45, 2.75) is 77.3 Å². The number of ether oxygens (including phenoxy) is 3. The molecule has 0 bridgehead atoms. The Morgan fingerprint density at radius 1 is 1.30 bits per heavy atom. The molecule has 214 valence electrons. The maximum atomic E-state index is 6.16. The van der Waals surface area contributed by atoms with Crippen molar-refractivity contribution >= 4 is 23.6 Å². The van der Waals surface area contributed by atoms with E-state index in [2.05, 4.69) is 35.5 Å². The number of nitrogens with two attached hydrogens (primary N) is 1. The summed E-state index contributed by atoms with van der Waals surface area (Å²) < 4.78 is 17.9. The maximum Gasteiger partial charge on any atom is 0.165 e. The molecule has 2 aliphatic rings. The number of allylic oxidation sites excluding steroid dienone is 2. The molecule has 40 heavy (non-hydrogen) atoms. The van der Waals surface area contributed by atoms with Crippen molar-refractivity contribution in [1.82, 2.24) is 9.88 Å². The van der Waals surface area contributed by atoms with Crippen molar-refractivity contribution in [3.8, 4) is 11.8 Å². The van der Waals surface area contributed by atoms with Gasteiger partial charge in [0.25, 0.3) is 0 Å². The fourth-order valence-corrected chi connectivity index (χ4v) is 5.82. The number of hydrogen-bond acceptors (Lipinski definition) is 8. The quantitative estimate of drug-likeness (QED) is 0.173. The van der Waals surface area contributed by atoms with Gasteiger partial charge in [0.05, 0.1) is 0 Å². The van der Waals surface area contributed by atoms with Crippen LogP contribution in [0.4, 0.5) is 0 Å². The zero-order valence-electron chi connectivity index (χ0n) is 24.2. The third-order valence-electron chi connectivity index (χ3n) is 7.15. The van der Waals surface area contributed by atoms with Gasteiger partial charge in [-0.1, -0.05) is 24.0 Å². The number of rotatable bonds is 9. The van der Waals surface area contributed by atoms with Crippen molar-refractivity contribution in [2.24, 2.45) is 10.7 Å². The fraction of sp³-hybridized carbons (Fsp3) is 0.500. The number of piperidine rings is 1. The monoisotopic (exact) mass is 562 g/mol. The molecule has 1 aromatic heterocycles. The first kappa shape index (κ1) is 30.0. The molecule has 1 unspecified atom stereocenters. The lowest BCUT2D eigenvalue weighted by atomic mass is 9.96. The number of benzene rings is 1. The average molecular weight is 563 g/mol. The number of aromatic nitrogens is 1. The first-order chi connectivity index (χ1) is 19.2. The minimum atomic E-state index is -0.611. The largest absolute Gasteiger partial charge is 0.485 e. The molecule has 2 aromatic rings. The highest BCUT2D eigenvalue weighted by Crippen LogP contribution is 2.33. The van der Waals surface area contributed by atoms with E-state index in [1.54, 1.807) is 11.3 Å². The molecule has 2 aliphatic heterocycles. The van der Waals surface area contributed by atoms with Crippen LogP contribution in [0.1, 0.15) is 79.8 Å². The Balaban J connectivity index is 1.40. The first-order valence-corrected chi connectivity index (χ1v) is 14.9. The molecule has 2 N–H and O–H groups in total. The van der Waals surface area contributed by atoms with Gasteiger partial charge in [-0.05, 0) is 115 Å². The predicted octanol–water partition coefficient (Wildman–Crippen LogP) is 6.07. The summed E-state index contributed by atoms with van der Waals surface area (Å²) in [4.78, 5) is 12.3. The van der Waals surface area contributed by atoms with E-state index >= 15 is 0 Å². The summed E-state index contributed by atoms with van der Waals surface area (Å²) in [6.45, 7) is 12.9. The van der Waals surface area contributed by atoms with Gasteiger partial charge in [-0.25, -0.2) is 9.98 Å². The van der Waals surface area contributed by atoms with Gasteiger partial charge in [0.15, 0.2) is 17.9 Å². The highest BCUT2D eigenvalue weighted by Gasteiger charge is 2.24. The van der Waals surface area contributed by atoms with Crippen molar-refractivity contribution in [2.75, 3.05) is 26.7 Å². The Morgan fingerprint density at radius 2 is 2.10 bits per heavy atom. The van der Waals surface area contributed by atoms with Gasteiger partial charge in [-0.3, -0.25) is 0 Å². The van der Waals surface area contributed by atoms with Crippen molar-refractivity contribution in [3.63, 3.8) is 0 Å². The lowest BCUT2D eigenvalue weighted by Crippen LogP contribution is -2.33. The minimum Gasteiger partial charge on any atom is -0.485 e. The topological polar surface area (TPSA) is 82.2 Å². The number of likely N-dealkylation sites (tertiary alicyclic amines) is 1. The molecule has 8 heteroatoms. The molecule has 4 rings (SSSR count). The number of thiazole rings is 1. The summed E-state index contributed by atoms with van der Waals surface area (Å²) in [7, 11) is 2.18. The molecule has 0 aliphatic carbocycles. The van der Waals surface area contributed by atoms with Crippen LogP contribution in [0.15, 0.2) is 53.1 Å². The lowest BCUT2D eigenvalue weighted by Gasteiger charge is -2.29. The SMILES string of the molecule is C=N/C(N)=C(\C=C(/C)c1ncc(C2CCN(C)CC2)s1)OCc1cccc(C#CC(C)(C)OC2CCCCO2)c1. The maximum absolute atomic E-state index is 6.16. The third kappa shape index (κ3) is 8.77. The third-order valence-corrected chi connectivity index (χ3v) is 8.44. The highest BCUT2D eigenvalue weighted by molar-refractivity contribution is 7.12. The van der Waals surface area contributed by atoms with E-state index in [0.29, 0.717) is 18.3 Å². The van der Waals surface area contributed by atoms with E-state index in [-0.39, 0.29) is 12.1 Å². The van der Waals surface area contributed by atoms with Gasteiger partial charge >= 0.3 is 0 Å². The van der Waals surface area contributed by atoms with Gasteiger partial charge in [-0.2, -0.15) is 0 Å². The molecular weight excluding hydrogens is 520 g/mol. The summed E-state index contributed by atoms with van der Waals surface area (Å²) in [6.07, 6.45) is 9.20. The molecule has 3 heterocycles. The Labute approximate surface area is 243 Å². The molecule has 2 fully saturated rings. The van der Waals surface area contributed by atoms with Crippen LogP contribution < -0.4 is 5.73 Å². The predicted molar refractivity (Wildman–Crippen MR) is 163 cm³/mol. The summed E-state index contributed by atoms with van der Waals surface area (Å²) in [5.74, 6) is 7.79. The van der Waals surface area contributed by atoms with Crippen molar-refractivity contribution in [1.29, 1.82) is 0 Å². The van der Waals surface area contributed by atoms with Crippen LogP contribution >= 0.6 is 11.3 Å². The van der Waals surface area contributed by atoms with Gasteiger partial charge < -0.3 is 24.8 Å². The molecule has 2 saturated heterocycles. The Kier molecular flexibility index (Phi) is 10.6. The molecule has 0 saturated carbocycles. The van der Waals surface area contributed by atoms with Crippen LogP contribution in [0.25, 0.3) is 5.57 Å². The molecule has 1 atom stereocenters. The molecular formula is C32H42N4O3S. The second kappa shape index (κ2) is 14.1. The summed E-state index contributed by atoms with van der Waals surface area (Å²) in [5.41, 5.74) is 8.39.